The summed E-state index contributed by atoms with van der Waals surface area (Å²) in [4.78, 5) is 14.6. The molecule has 1 aliphatic heterocycles. The number of hydrogen-bond donors (Lipinski definition) is 0. The molecule has 1 heterocycles. The molecule has 0 atom stereocenters. The molecule has 2 aromatic rings. The van der Waals surface area contributed by atoms with Gasteiger partial charge >= 0.3 is 0 Å². The first-order chi connectivity index (χ1) is 14.4. The molecule has 0 aromatic heterocycles. The van der Waals surface area contributed by atoms with Crippen LogP contribution in [0, 0.1) is 6.92 Å². The molecular weight excluding hydrogens is 461 g/mol. The van der Waals surface area contributed by atoms with Crippen LogP contribution < -0.4 is 9.47 Å². The second kappa shape index (κ2) is 10.4. The number of benzene rings is 2. The van der Waals surface area contributed by atoms with Gasteiger partial charge in [-0.3, -0.25) is 9.69 Å². The number of hydrogen-bond acceptors (Lipinski definition) is 5. The first-order valence-electron chi connectivity index (χ1n) is 9.06. The minimum absolute atomic E-state index is 0.186. The predicted molar refractivity (Wildman–Crippen MR) is 129 cm³/mol. The van der Waals surface area contributed by atoms with Gasteiger partial charge in [0.1, 0.15) is 29.0 Å². The van der Waals surface area contributed by atoms with E-state index < -0.39 is 0 Å². The summed E-state index contributed by atoms with van der Waals surface area (Å²) in [7, 11) is 0. The third-order valence-electron chi connectivity index (χ3n) is 4.13. The van der Waals surface area contributed by atoms with E-state index in [0.29, 0.717) is 43.7 Å². The molecular formula is C22H19Cl2NO3S2. The van der Waals surface area contributed by atoms with Crippen LogP contribution in [-0.2, 0) is 4.79 Å². The smallest absolute Gasteiger partial charge is 0.266 e. The molecule has 8 heteroatoms. The van der Waals surface area contributed by atoms with Gasteiger partial charge in [0.25, 0.3) is 5.91 Å². The molecule has 156 valence electrons. The number of rotatable bonds is 8. The summed E-state index contributed by atoms with van der Waals surface area (Å²) in [6.45, 7) is 6.64. The second-order valence-corrected chi connectivity index (χ2v) is 8.92. The highest BCUT2D eigenvalue weighted by Crippen LogP contribution is 2.38. The Balaban J connectivity index is 1.74. The van der Waals surface area contributed by atoms with Crippen molar-refractivity contribution in [2.75, 3.05) is 19.8 Å². The monoisotopic (exact) mass is 479 g/mol. The molecule has 0 saturated carbocycles. The van der Waals surface area contributed by atoms with Crippen molar-refractivity contribution < 1.29 is 14.3 Å². The van der Waals surface area contributed by atoms with Gasteiger partial charge in [-0.05, 0) is 37.3 Å². The fraction of sp³-hybridized carbons (Fsp3) is 0.182. The SMILES string of the molecule is C=CCN1C(=O)/C(=C/c2cc(Cl)cc(Cl)c2OCCOc2ccc(C)cc2)SC1=S. The Hall–Kier alpha value is -1.99. The molecule has 0 aliphatic carbocycles. The van der Waals surface area contributed by atoms with Crippen molar-refractivity contribution in [3.63, 3.8) is 0 Å². The normalized spacial score (nSPS) is 15.0. The number of halogens is 2. The van der Waals surface area contributed by atoms with Crippen LogP contribution in [0.4, 0.5) is 0 Å². The Morgan fingerprint density at radius 2 is 1.87 bits per heavy atom. The Morgan fingerprint density at radius 3 is 2.57 bits per heavy atom. The number of thioether (sulfide) groups is 1. The highest BCUT2D eigenvalue weighted by atomic mass is 35.5. The van der Waals surface area contributed by atoms with E-state index in [1.54, 1.807) is 24.3 Å². The van der Waals surface area contributed by atoms with Crippen molar-refractivity contribution >= 4 is 63.5 Å². The summed E-state index contributed by atoms with van der Waals surface area (Å²) in [6, 6.07) is 11.1. The standard InChI is InChI=1S/C22H19Cl2NO3S2/c1-3-8-25-21(26)19(30-22(25)29)12-15-11-16(23)13-18(24)20(15)28-10-9-27-17-6-4-14(2)5-7-17/h3-7,11-13H,1,8-10H2,2H3/b19-12-. The van der Waals surface area contributed by atoms with Crippen LogP contribution in [0.15, 0.2) is 54.0 Å². The van der Waals surface area contributed by atoms with Gasteiger partial charge in [0.05, 0.1) is 9.93 Å². The van der Waals surface area contributed by atoms with Gasteiger partial charge in [-0.1, -0.05) is 71.0 Å². The van der Waals surface area contributed by atoms with Crippen LogP contribution in [0.1, 0.15) is 11.1 Å². The van der Waals surface area contributed by atoms with Crippen LogP contribution in [-0.4, -0.2) is 34.9 Å². The number of amides is 1. The lowest BCUT2D eigenvalue weighted by atomic mass is 10.1. The Kier molecular flexibility index (Phi) is 7.83. The van der Waals surface area contributed by atoms with E-state index in [1.165, 1.54) is 16.7 Å². The minimum Gasteiger partial charge on any atom is -0.490 e. The summed E-state index contributed by atoms with van der Waals surface area (Å²) in [5, 5.41) is 0.793. The number of aryl methyl sites for hydroxylation is 1. The highest BCUT2D eigenvalue weighted by molar-refractivity contribution is 8.26. The number of nitrogens with zero attached hydrogens (tertiary/aromatic N) is 1. The zero-order valence-electron chi connectivity index (χ0n) is 16.2. The van der Waals surface area contributed by atoms with Crippen LogP contribution >= 0.6 is 47.2 Å². The summed E-state index contributed by atoms with van der Waals surface area (Å²) < 4.78 is 12.0. The first kappa shape index (κ1) is 22.7. The molecule has 0 spiro atoms. The average molecular weight is 480 g/mol. The van der Waals surface area contributed by atoms with Gasteiger partial charge in [-0.25, -0.2) is 0 Å². The van der Waals surface area contributed by atoms with Crippen molar-refractivity contribution in [1.29, 1.82) is 0 Å². The van der Waals surface area contributed by atoms with E-state index in [-0.39, 0.29) is 12.5 Å². The topological polar surface area (TPSA) is 38.8 Å². The predicted octanol–water partition coefficient (Wildman–Crippen LogP) is 6.15. The highest BCUT2D eigenvalue weighted by Gasteiger charge is 2.31. The zero-order valence-corrected chi connectivity index (χ0v) is 19.3. The van der Waals surface area contributed by atoms with Crippen LogP contribution in [0.2, 0.25) is 10.0 Å². The third-order valence-corrected chi connectivity index (χ3v) is 6.01. The lowest BCUT2D eigenvalue weighted by Gasteiger charge is -2.13. The first-order valence-corrected chi connectivity index (χ1v) is 11.0. The second-order valence-electron chi connectivity index (χ2n) is 6.40. The largest absolute Gasteiger partial charge is 0.490 e. The molecule has 30 heavy (non-hydrogen) atoms. The van der Waals surface area contributed by atoms with Crippen molar-refractivity contribution in [1.82, 2.24) is 4.90 Å². The molecule has 0 N–H and O–H groups in total. The molecule has 3 rings (SSSR count). The number of thiocarbonyl (C=S) groups is 1. The van der Waals surface area contributed by atoms with Gasteiger partial charge in [0, 0.05) is 17.1 Å². The van der Waals surface area contributed by atoms with Crippen LogP contribution in [0.5, 0.6) is 11.5 Å². The van der Waals surface area contributed by atoms with Gasteiger partial charge < -0.3 is 9.47 Å². The quantitative estimate of drug-likeness (QED) is 0.196. The molecule has 1 aliphatic rings. The fourth-order valence-electron chi connectivity index (χ4n) is 2.71. The van der Waals surface area contributed by atoms with E-state index in [4.69, 9.17) is 44.9 Å². The fourth-order valence-corrected chi connectivity index (χ4v) is 4.53. The van der Waals surface area contributed by atoms with Gasteiger partial charge in [-0.15, -0.1) is 6.58 Å². The summed E-state index contributed by atoms with van der Waals surface area (Å²) in [6.07, 6.45) is 3.32. The average Bonchev–Trinajstić information content (AvgIpc) is 2.96. The number of carbonyl (C=O) groups is 1. The van der Waals surface area contributed by atoms with Crippen molar-refractivity contribution in [3.05, 3.63) is 75.1 Å². The summed E-state index contributed by atoms with van der Waals surface area (Å²) in [5.74, 6) is 1.01. The van der Waals surface area contributed by atoms with Crippen LogP contribution in [0.3, 0.4) is 0 Å². The van der Waals surface area contributed by atoms with Crippen molar-refractivity contribution in [2.24, 2.45) is 0 Å². The van der Waals surface area contributed by atoms with E-state index in [0.717, 1.165) is 11.3 Å². The van der Waals surface area contributed by atoms with Gasteiger partial charge in [0.15, 0.2) is 0 Å². The zero-order chi connectivity index (χ0) is 21.7. The van der Waals surface area contributed by atoms with E-state index in [1.807, 2.05) is 31.2 Å². The molecule has 1 fully saturated rings. The molecule has 1 saturated heterocycles. The van der Waals surface area contributed by atoms with E-state index >= 15 is 0 Å². The number of carbonyl (C=O) groups excluding carboxylic acids is 1. The molecule has 0 bridgehead atoms. The molecule has 0 unspecified atom stereocenters. The molecule has 0 radical (unpaired) electrons. The maximum absolute atomic E-state index is 12.6. The maximum Gasteiger partial charge on any atom is 0.266 e. The van der Waals surface area contributed by atoms with Gasteiger partial charge in [0.2, 0.25) is 0 Å². The maximum atomic E-state index is 12.6. The van der Waals surface area contributed by atoms with E-state index in [9.17, 15) is 4.79 Å². The Bertz CT molecular complexity index is 1010. The summed E-state index contributed by atoms with van der Waals surface area (Å²) in [5.41, 5.74) is 1.76. The van der Waals surface area contributed by atoms with Crippen molar-refractivity contribution in [3.8, 4) is 11.5 Å². The van der Waals surface area contributed by atoms with Crippen LogP contribution in [0.25, 0.3) is 6.08 Å². The Morgan fingerprint density at radius 1 is 1.17 bits per heavy atom. The Labute approximate surface area is 195 Å². The summed E-state index contributed by atoms with van der Waals surface area (Å²) >= 11 is 19.0. The molecule has 4 nitrogen and oxygen atoms in total. The molecule has 2 aromatic carbocycles. The molecule has 1 amide bonds. The lowest BCUT2D eigenvalue weighted by Crippen LogP contribution is -2.27. The minimum atomic E-state index is -0.186. The number of ether oxygens (including phenoxy) is 2. The van der Waals surface area contributed by atoms with Crippen molar-refractivity contribution in [2.45, 2.75) is 6.92 Å². The lowest BCUT2D eigenvalue weighted by molar-refractivity contribution is -0.121. The van der Waals surface area contributed by atoms with E-state index in [2.05, 4.69) is 6.58 Å². The van der Waals surface area contributed by atoms with Gasteiger partial charge in [-0.2, -0.15) is 0 Å². The third kappa shape index (κ3) is 5.58.